The Balaban J connectivity index is 2.88. The molecular weight excluding hydrogens is 230 g/mol. The van der Waals surface area contributed by atoms with Gasteiger partial charge >= 0.3 is 0 Å². The van der Waals surface area contributed by atoms with Gasteiger partial charge in [-0.25, -0.2) is 18.1 Å². The van der Waals surface area contributed by atoms with Crippen molar-refractivity contribution in [3.63, 3.8) is 0 Å². The van der Waals surface area contributed by atoms with E-state index in [2.05, 4.69) is 9.71 Å². The van der Waals surface area contributed by atoms with Crippen molar-refractivity contribution in [3.05, 3.63) is 12.5 Å². The van der Waals surface area contributed by atoms with Crippen LogP contribution in [0.25, 0.3) is 0 Å². The molecule has 2 N–H and O–H groups in total. The summed E-state index contributed by atoms with van der Waals surface area (Å²) in [6.07, 6.45) is 3.20. The van der Waals surface area contributed by atoms with Crippen LogP contribution in [0.1, 0.15) is 20.3 Å². The number of hydrogen-bond donors (Lipinski definition) is 2. The molecule has 0 aliphatic rings. The number of aryl methyl sites for hydroxylation is 1. The molecule has 0 aromatic carbocycles. The van der Waals surface area contributed by atoms with Crippen LogP contribution < -0.4 is 4.72 Å². The van der Waals surface area contributed by atoms with Gasteiger partial charge in [0.15, 0.2) is 5.03 Å². The molecule has 0 aliphatic carbocycles. The molecule has 0 amide bonds. The fourth-order valence-corrected chi connectivity index (χ4v) is 2.70. The van der Waals surface area contributed by atoms with Crippen molar-refractivity contribution >= 4 is 10.0 Å². The van der Waals surface area contributed by atoms with Crippen LogP contribution in [0.2, 0.25) is 0 Å². The van der Waals surface area contributed by atoms with Crippen LogP contribution in [0, 0.1) is 0 Å². The standard InChI is InChI=1S/C9H17N3O3S/c1-9(2,4-5-13)11-16(14,15)8-6-12(3)7-10-8/h6-7,11,13H,4-5H2,1-3H3. The quantitative estimate of drug-likeness (QED) is 0.758. The van der Waals surface area contributed by atoms with Crippen molar-refractivity contribution in [3.8, 4) is 0 Å². The number of nitrogens with one attached hydrogen (secondary N) is 1. The van der Waals surface area contributed by atoms with E-state index < -0.39 is 15.6 Å². The minimum atomic E-state index is -3.61. The van der Waals surface area contributed by atoms with E-state index in [0.717, 1.165) is 0 Å². The van der Waals surface area contributed by atoms with Crippen LogP contribution in [0.3, 0.4) is 0 Å². The first-order valence-corrected chi connectivity index (χ1v) is 6.38. The Morgan fingerprint density at radius 1 is 1.56 bits per heavy atom. The van der Waals surface area contributed by atoms with Gasteiger partial charge in [0.25, 0.3) is 10.0 Å². The first-order chi connectivity index (χ1) is 7.27. The number of aliphatic hydroxyl groups is 1. The Bertz CT molecular complexity index is 450. The smallest absolute Gasteiger partial charge is 0.260 e. The number of aromatic nitrogens is 2. The number of imidazole rings is 1. The third kappa shape index (κ3) is 3.29. The van der Waals surface area contributed by atoms with Crippen LogP contribution >= 0.6 is 0 Å². The van der Waals surface area contributed by atoms with E-state index in [1.165, 1.54) is 12.5 Å². The molecule has 1 rings (SSSR count). The summed E-state index contributed by atoms with van der Waals surface area (Å²) in [5.74, 6) is 0. The zero-order valence-electron chi connectivity index (χ0n) is 9.64. The van der Waals surface area contributed by atoms with Gasteiger partial charge in [-0.05, 0) is 20.3 Å². The monoisotopic (exact) mass is 247 g/mol. The second-order valence-electron chi connectivity index (χ2n) is 4.34. The van der Waals surface area contributed by atoms with Gasteiger partial charge in [-0.2, -0.15) is 0 Å². The molecule has 1 aromatic heterocycles. The molecule has 6 nitrogen and oxygen atoms in total. The van der Waals surface area contributed by atoms with Crippen LogP contribution in [0.15, 0.2) is 17.6 Å². The Hall–Kier alpha value is -0.920. The van der Waals surface area contributed by atoms with Gasteiger partial charge in [0.2, 0.25) is 0 Å². The van der Waals surface area contributed by atoms with Crippen LogP contribution in [-0.4, -0.2) is 35.2 Å². The lowest BCUT2D eigenvalue weighted by atomic mass is 10.0. The number of aliphatic hydroxyl groups excluding tert-OH is 1. The number of hydrogen-bond acceptors (Lipinski definition) is 4. The molecule has 92 valence electrons. The van der Waals surface area contributed by atoms with Crippen LogP contribution in [0.5, 0.6) is 0 Å². The molecule has 7 heteroatoms. The minimum Gasteiger partial charge on any atom is -0.396 e. The lowest BCUT2D eigenvalue weighted by Gasteiger charge is -2.24. The van der Waals surface area contributed by atoms with Crippen molar-refractivity contribution in [2.24, 2.45) is 7.05 Å². The summed E-state index contributed by atoms with van der Waals surface area (Å²) in [6, 6.07) is 0. The van der Waals surface area contributed by atoms with E-state index in [1.807, 2.05) is 0 Å². The van der Waals surface area contributed by atoms with Gasteiger partial charge < -0.3 is 9.67 Å². The normalized spacial score (nSPS) is 13.0. The molecule has 1 heterocycles. The molecule has 0 saturated heterocycles. The maximum atomic E-state index is 11.9. The Morgan fingerprint density at radius 3 is 2.62 bits per heavy atom. The van der Waals surface area contributed by atoms with E-state index in [9.17, 15) is 8.42 Å². The van der Waals surface area contributed by atoms with Gasteiger partial charge in [-0.3, -0.25) is 0 Å². The molecule has 0 unspecified atom stereocenters. The molecule has 0 spiro atoms. The second-order valence-corrected chi connectivity index (χ2v) is 5.97. The first-order valence-electron chi connectivity index (χ1n) is 4.90. The van der Waals surface area contributed by atoms with Gasteiger partial charge in [0.1, 0.15) is 0 Å². The third-order valence-electron chi connectivity index (χ3n) is 2.10. The first kappa shape index (κ1) is 13.1. The summed E-state index contributed by atoms with van der Waals surface area (Å²) in [6.45, 7) is 3.35. The van der Waals surface area contributed by atoms with E-state index in [1.54, 1.807) is 25.5 Å². The lowest BCUT2D eigenvalue weighted by molar-refractivity contribution is 0.245. The number of nitrogens with zero attached hydrogens (tertiary/aromatic N) is 2. The molecule has 0 fully saturated rings. The maximum absolute atomic E-state index is 11.9. The summed E-state index contributed by atoms with van der Waals surface area (Å²) >= 11 is 0. The maximum Gasteiger partial charge on any atom is 0.260 e. The summed E-state index contributed by atoms with van der Waals surface area (Å²) in [7, 11) is -1.91. The molecule has 1 aromatic rings. The molecular formula is C9H17N3O3S. The van der Waals surface area contributed by atoms with Gasteiger partial charge in [-0.1, -0.05) is 0 Å². The van der Waals surface area contributed by atoms with E-state index >= 15 is 0 Å². The van der Waals surface area contributed by atoms with E-state index in [0.29, 0.717) is 6.42 Å². The average Bonchev–Trinajstić information content (AvgIpc) is 2.49. The van der Waals surface area contributed by atoms with Crippen molar-refractivity contribution in [2.75, 3.05) is 6.61 Å². The molecule has 16 heavy (non-hydrogen) atoms. The number of rotatable bonds is 5. The van der Waals surface area contributed by atoms with Gasteiger partial charge in [0.05, 0.1) is 6.33 Å². The van der Waals surface area contributed by atoms with E-state index in [4.69, 9.17) is 5.11 Å². The van der Waals surface area contributed by atoms with Crippen molar-refractivity contribution in [1.29, 1.82) is 0 Å². The Morgan fingerprint density at radius 2 is 2.19 bits per heavy atom. The lowest BCUT2D eigenvalue weighted by Crippen LogP contribution is -2.44. The molecule has 0 atom stereocenters. The van der Waals surface area contributed by atoms with Crippen molar-refractivity contribution in [2.45, 2.75) is 30.8 Å². The van der Waals surface area contributed by atoms with Crippen LogP contribution in [0.4, 0.5) is 0 Å². The second kappa shape index (κ2) is 4.52. The zero-order chi connectivity index (χ0) is 12.4. The van der Waals surface area contributed by atoms with Crippen molar-refractivity contribution < 1.29 is 13.5 Å². The predicted molar refractivity (Wildman–Crippen MR) is 59.3 cm³/mol. The topological polar surface area (TPSA) is 84.2 Å². The Labute approximate surface area is 95.4 Å². The van der Waals surface area contributed by atoms with E-state index in [-0.39, 0.29) is 11.6 Å². The summed E-state index contributed by atoms with van der Waals surface area (Å²) in [5, 5.41) is 8.81. The molecule has 0 bridgehead atoms. The largest absolute Gasteiger partial charge is 0.396 e. The van der Waals surface area contributed by atoms with Crippen LogP contribution in [-0.2, 0) is 17.1 Å². The summed E-state index contributed by atoms with van der Waals surface area (Å²) in [4.78, 5) is 3.78. The van der Waals surface area contributed by atoms with Crippen molar-refractivity contribution in [1.82, 2.24) is 14.3 Å². The molecule has 0 saturated carbocycles. The highest BCUT2D eigenvalue weighted by molar-refractivity contribution is 7.89. The highest BCUT2D eigenvalue weighted by atomic mass is 32.2. The van der Waals surface area contributed by atoms with Gasteiger partial charge in [-0.15, -0.1) is 0 Å². The molecule has 0 aliphatic heterocycles. The highest BCUT2D eigenvalue weighted by Crippen LogP contribution is 2.13. The Kier molecular flexibility index (Phi) is 3.72. The predicted octanol–water partition coefficient (Wildman–Crippen LogP) is -0.141. The zero-order valence-corrected chi connectivity index (χ0v) is 10.5. The fourth-order valence-electron chi connectivity index (χ4n) is 1.27. The highest BCUT2D eigenvalue weighted by Gasteiger charge is 2.27. The minimum absolute atomic E-state index is 0.0129. The summed E-state index contributed by atoms with van der Waals surface area (Å²) in [5.41, 5.74) is -0.689. The third-order valence-corrected chi connectivity index (χ3v) is 3.69. The molecule has 0 radical (unpaired) electrons. The fraction of sp³-hybridized carbons (Fsp3) is 0.667. The summed E-state index contributed by atoms with van der Waals surface area (Å²) < 4.78 is 27.8. The average molecular weight is 247 g/mol. The van der Waals surface area contributed by atoms with Gasteiger partial charge in [0, 0.05) is 25.4 Å². The SMILES string of the molecule is Cn1cnc(S(=O)(=O)NC(C)(C)CCO)c1. The number of sulfonamides is 1.